The van der Waals surface area contributed by atoms with E-state index in [4.69, 9.17) is 0 Å². The maximum atomic E-state index is 3.89. The van der Waals surface area contributed by atoms with Gasteiger partial charge in [0.05, 0.1) is 0 Å². The van der Waals surface area contributed by atoms with Gasteiger partial charge in [-0.2, -0.15) is 11.8 Å². The Morgan fingerprint density at radius 3 is 2.15 bits per heavy atom. The van der Waals surface area contributed by atoms with Crippen molar-refractivity contribution in [3.8, 4) is 0 Å². The van der Waals surface area contributed by atoms with Crippen LogP contribution in [0.5, 0.6) is 0 Å². The van der Waals surface area contributed by atoms with E-state index < -0.39 is 0 Å². The minimum Gasteiger partial charge on any atom is -0.161 e. The summed E-state index contributed by atoms with van der Waals surface area (Å²) in [6.45, 7) is 6.15. The van der Waals surface area contributed by atoms with Gasteiger partial charge in [-0.1, -0.05) is 92.7 Å². The molecule has 0 aliphatic heterocycles. The Labute approximate surface area is 167 Å². The van der Waals surface area contributed by atoms with Gasteiger partial charge in [0.1, 0.15) is 0 Å². The lowest BCUT2D eigenvalue weighted by atomic mass is 10.0. The Morgan fingerprint density at radius 2 is 1.54 bits per heavy atom. The second kappa shape index (κ2) is 12.7. The second-order valence-electron chi connectivity index (χ2n) is 5.91. The molecule has 0 amide bonds. The van der Waals surface area contributed by atoms with Crippen LogP contribution >= 0.6 is 23.5 Å². The van der Waals surface area contributed by atoms with Gasteiger partial charge in [0, 0.05) is 16.4 Å². The van der Waals surface area contributed by atoms with Crippen LogP contribution in [-0.4, -0.2) is 17.3 Å². The Morgan fingerprint density at radius 1 is 0.885 bits per heavy atom. The molecule has 0 aliphatic rings. The van der Waals surface area contributed by atoms with Crippen LogP contribution in [0.1, 0.15) is 30.9 Å². The summed E-state index contributed by atoms with van der Waals surface area (Å²) in [5.74, 6) is 3.60. The summed E-state index contributed by atoms with van der Waals surface area (Å²) in [5, 5.41) is 0. The zero-order valence-corrected chi connectivity index (χ0v) is 17.2. The minimum absolute atomic E-state index is 1.13. The molecular formula is C24H28S2. The molecule has 0 saturated heterocycles. The van der Waals surface area contributed by atoms with Crippen LogP contribution in [0.25, 0.3) is 10.5 Å². The molecule has 136 valence electrons. The van der Waals surface area contributed by atoms with Crippen LogP contribution in [0, 0.1) is 0 Å². The molecule has 26 heavy (non-hydrogen) atoms. The molecule has 0 heterocycles. The first kappa shape index (κ1) is 20.7. The Hall–Kier alpha value is -1.64. The van der Waals surface area contributed by atoms with Crippen molar-refractivity contribution in [3.63, 3.8) is 0 Å². The molecule has 0 aliphatic carbocycles. The van der Waals surface area contributed by atoms with E-state index in [-0.39, 0.29) is 0 Å². The van der Waals surface area contributed by atoms with Gasteiger partial charge >= 0.3 is 0 Å². The molecule has 0 nitrogen and oxygen atoms in total. The normalized spacial score (nSPS) is 12.2. The lowest BCUT2D eigenvalue weighted by Gasteiger charge is -2.10. The third-order valence-corrected chi connectivity index (χ3v) is 6.28. The summed E-state index contributed by atoms with van der Waals surface area (Å²) >= 11 is 4.01. The molecule has 2 heteroatoms. The summed E-state index contributed by atoms with van der Waals surface area (Å²) < 4.78 is 0. The van der Waals surface area contributed by atoms with Crippen LogP contribution in [0.4, 0.5) is 0 Å². The van der Waals surface area contributed by atoms with Crippen molar-refractivity contribution in [1.29, 1.82) is 0 Å². The Kier molecular flexibility index (Phi) is 10.1. The summed E-state index contributed by atoms with van der Waals surface area (Å²) in [5.41, 5.74) is 3.70. The van der Waals surface area contributed by atoms with E-state index in [0.29, 0.717) is 0 Å². The van der Waals surface area contributed by atoms with Gasteiger partial charge in [0.2, 0.25) is 0 Å². The van der Waals surface area contributed by atoms with Crippen LogP contribution in [0.15, 0.2) is 85.5 Å². The van der Waals surface area contributed by atoms with Crippen molar-refractivity contribution < 1.29 is 0 Å². The number of rotatable bonds is 11. The third kappa shape index (κ3) is 7.31. The molecule has 2 aromatic carbocycles. The molecule has 0 saturated carbocycles. The standard InChI is InChI=1S/C24H28S2/c1-3-5-17-25-18-19-26-24(22-15-10-7-11-16-22)20-23(12-4-2)21-13-8-6-9-14-21/h4,6-16,20H,2-3,5,17-19H2,1H3/b23-12-,24-20+. The van der Waals surface area contributed by atoms with Crippen molar-refractivity contribution in [2.24, 2.45) is 0 Å². The van der Waals surface area contributed by atoms with Gasteiger partial charge in [-0.25, -0.2) is 0 Å². The first-order valence-electron chi connectivity index (χ1n) is 9.21. The second-order valence-corrected chi connectivity index (χ2v) is 8.27. The molecule has 0 fully saturated rings. The first-order valence-corrected chi connectivity index (χ1v) is 11.3. The van der Waals surface area contributed by atoms with Gasteiger partial charge in [-0.3, -0.25) is 0 Å². The number of unbranched alkanes of at least 4 members (excludes halogenated alkanes) is 1. The minimum atomic E-state index is 1.13. The topological polar surface area (TPSA) is 0 Å². The fraction of sp³-hybridized carbons (Fsp3) is 0.250. The fourth-order valence-electron chi connectivity index (χ4n) is 2.50. The van der Waals surface area contributed by atoms with Crippen LogP contribution in [0.2, 0.25) is 0 Å². The van der Waals surface area contributed by atoms with E-state index >= 15 is 0 Å². The number of hydrogen-bond acceptors (Lipinski definition) is 2. The highest BCUT2D eigenvalue weighted by molar-refractivity contribution is 8.09. The van der Waals surface area contributed by atoms with E-state index in [2.05, 4.69) is 98.1 Å². The first-order chi connectivity index (χ1) is 12.8. The average molecular weight is 381 g/mol. The van der Waals surface area contributed by atoms with Gasteiger partial charge < -0.3 is 0 Å². The van der Waals surface area contributed by atoms with E-state index in [1.807, 2.05) is 17.8 Å². The van der Waals surface area contributed by atoms with Crippen molar-refractivity contribution in [1.82, 2.24) is 0 Å². The molecule has 0 unspecified atom stereocenters. The third-order valence-electron chi connectivity index (χ3n) is 3.88. The number of allylic oxidation sites excluding steroid dienone is 4. The van der Waals surface area contributed by atoms with Gasteiger partial charge in [-0.15, -0.1) is 11.8 Å². The van der Waals surface area contributed by atoms with Gasteiger partial charge in [0.25, 0.3) is 0 Å². The summed E-state index contributed by atoms with van der Waals surface area (Å²) in [7, 11) is 0. The SMILES string of the molecule is C=C/C=C(/C=C(/SCCSCCCC)c1ccccc1)c1ccccc1. The molecule has 0 radical (unpaired) electrons. The Balaban J connectivity index is 2.17. The van der Waals surface area contributed by atoms with Gasteiger partial charge in [0.15, 0.2) is 0 Å². The van der Waals surface area contributed by atoms with E-state index in [1.165, 1.54) is 46.0 Å². The van der Waals surface area contributed by atoms with Crippen LogP contribution in [-0.2, 0) is 0 Å². The quantitative estimate of drug-likeness (QED) is 0.291. The van der Waals surface area contributed by atoms with E-state index in [0.717, 1.165) is 5.75 Å². The molecule has 0 atom stereocenters. The summed E-state index contributed by atoms with van der Waals surface area (Å²) in [4.78, 5) is 1.32. The van der Waals surface area contributed by atoms with Crippen molar-refractivity contribution in [3.05, 3.63) is 96.6 Å². The molecule has 0 bridgehead atoms. The molecule has 0 aromatic heterocycles. The smallest absolute Gasteiger partial charge is 0.0151 e. The average Bonchev–Trinajstić information content (AvgIpc) is 2.70. The van der Waals surface area contributed by atoms with Crippen molar-refractivity contribution >= 4 is 34.0 Å². The summed E-state index contributed by atoms with van der Waals surface area (Å²) in [6.07, 6.45) is 8.86. The highest BCUT2D eigenvalue weighted by Crippen LogP contribution is 2.32. The predicted molar refractivity (Wildman–Crippen MR) is 124 cm³/mol. The monoisotopic (exact) mass is 380 g/mol. The van der Waals surface area contributed by atoms with Crippen LogP contribution in [0.3, 0.4) is 0 Å². The number of hydrogen-bond donors (Lipinski definition) is 0. The molecule has 2 rings (SSSR count). The number of benzene rings is 2. The fourth-order valence-corrected chi connectivity index (χ4v) is 4.73. The maximum Gasteiger partial charge on any atom is 0.0151 e. The largest absolute Gasteiger partial charge is 0.161 e. The molecule has 0 N–H and O–H groups in total. The maximum absolute atomic E-state index is 3.89. The molecular weight excluding hydrogens is 352 g/mol. The molecule has 0 spiro atoms. The van der Waals surface area contributed by atoms with Crippen molar-refractivity contribution in [2.75, 3.05) is 17.3 Å². The molecule has 2 aromatic rings. The van der Waals surface area contributed by atoms with E-state index in [9.17, 15) is 0 Å². The van der Waals surface area contributed by atoms with Crippen molar-refractivity contribution in [2.45, 2.75) is 19.8 Å². The highest BCUT2D eigenvalue weighted by Gasteiger charge is 2.05. The highest BCUT2D eigenvalue weighted by atomic mass is 32.2. The number of thioether (sulfide) groups is 2. The predicted octanol–water partition coefficient (Wildman–Crippen LogP) is 7.56. The zero-order valence-electron chi connectivity index (χ0n) is 15.6. The lowest BCUT2D eigenvalue weighted by Crippen LogP contribution is -1.90. The van der Waals surface area contributed by atoms with Crippen LogP contribution < -0.4 is 0 Å². The summed E-state index contributed by atoms with van der Waals surface area (Å²) in [6, 6.07) is 21.2. The van der Waals surface area contributed by atoms with Gasteiger partial charge in [-0.05, 0) is 34.9 Å². The zero-order chi connectivity index (χ0) is 18.5. The lowest BCUT2D eigenvalue weighted by molar-refractivity contribution is 0.896. The van der Waals surface area contributed by atoms with E-state index in [1.54, 1.807) is 0 Å². The Bertz CT molecular complexity index is 700.